The molecular formula is C17H19ClF3N5O. The number of rotatable bonds is 5. The lowest BCUT2D eigenvalue weighted by Crippen LogP contribution is -2.19. The first-order valence-corrected chi connectivity index (χ1v) is 7.98. The molecule has 0 amide bonds. The minimum atomic E-state index is -4.33. The smallest absolute Gasteiger partial charge is 0.339 e. The summed E-state index contributed by atoms with van der Waals surface area (Å²) < 4.78 is 44.1. The number of hydrogen-bond acceptors (Lipinski definition) is 5. The van der Waals surface area contributed by atoms with Gasteiger partial charge in [0.1, 0.15) is 6.54 Å². The largest absolute Gasteiger partial charge is 0.408 e. The number of nitrogens with two attached hydrogens (primary N) is 1. The SMILES string of the molecule is Cc1nn(CC(F)(F)F)c(C)c1Cc1nc(-c2ccc(CN)cc2)no1.Cl. The van der Waals surface area contributed by atoms with Crippen LogP contribution in [0.3, 0.4) is 0 Å². The van der Waals surface area contributed by atoms with Crippen molar-refractivity contribution in [3.05, 3.63) is 52.7 Å². The summed E-state index contributed by atoms with van der Waals surface area (Å²) in [6, 6.07) is 7.44. The highest BCUT2D eigenvalue weighted by Crippen LogP contribution is 2.23. The summed E-state index contributed by atoms with van der Waals surface area (Å²) in [5.41, 5.74) is 8.94. The van der Waals surface area contributed by atoms with Gasteiger partial charge in [-0.15, -0.1) is 12.4 Å². The van der Waals surface area contributed by atoms with Gasteiger partial charge in [0.05, 0.1) is 12.1 Å². The summed E-state index contributed by atoms with van der Waals surface area (Å²) in [6.07, 6.45) is -4.10. The Hall–Kier alpha value is -2.39. The van der Waals surface area contributed by atoms with Crippen molar-refractivity contribution in [3.8, 4) is 11.4 Å². The van der Waals surface area contributed by atoms with Crippen LogP contribution in [0.4, 0.5) is 13.2 Å². The number of alkyl halides is 3. The summed E-state index contributed by atoms with van der Waals surface area (Å²) in [6.45, 7) is 2.59. The zero-order valence-electron chi connectivity index (χ0n) is 14.7. The minimum absolute atomic E-state index is 0. The maximum atomic E-state index is 12.6. The molecular weight excluding hydrogens is 383 g/mol. The predicted molar refractivity (Wildman–Crippen MR) is 95.4 cm³/mol. The fraction of sp³-hybridized carbons (Fsp3) is 0.353. The second kappa shape index (κ2) is 8.10. The lowest BCUT2D eigenvalue weighted by molar-refractivity contribution is -0.142. The average Bonchev–Trinajstić information content (AvgIpc) is 3.14. The molecule has 146 valence electrons. The van der Waals surface area contributed by atoms with E-state index in [4.69, 9.17) is 10.3 Å². The van der Waals surface area contributed by atoms with E-state index in [1.807, 2.05) is 24.3 Å². The molecule has 0 bridgehead atoms. The zero-order valence-corrected chi connectivity index (χ0v) is 15.6. The molecule has 3 rings (SSSR count). The van der Waals surface area contributed by atoms with E-state index in [2.05, 4.69) is 15.2 Å². The summed E-state index contributed by atoms with van der Waals surface area (Å²) in [5.74, 6) is 0.738. The zero-order chi connectivity index (χ0) is 18.9. The molecule has 0 spiro atoms. The molecule has 2 heterocycles. The second-order valence-electron chi connectivity index (χ2n) is 6.01. The molecule has 6 nitrogen and oxygen atoms in total. The quantitative estimate of drug-likeness (QED) is 0.706. The van der Waals surface area contributed by atoms with Crippen molar-refractivity contribution in [3.63, 3.8) is 0 Å². The van der Waals surface area contributed by atoms with Gasteiger partial charge in [-0.05, 0) is 19.4 Å². The van der Waals surface area contributed by atoms with Crippen molar-refractivity contribution in [1.82, 2.24) is 19.9 Å². The molecule has 2 N–H and O–H groups in total. The van der Waals surface area contributed by atoms with Crippen molar-refractivity contribution < 1.29 is 17.7 Å². The molecule has 10 heteroatoms. The Morgan fingerprint density at radius 3 is 2.41 bits per heavy atom. The number of nitrogens with zero attached hydrogens (tertiary/aromatic N) is 4. The lowest BCUT2D eigenvalue weighted by Gasteiger charge is -2.08. The highest BCUT2D eigenvalue weighted by atomic mass is 35.5. The van der Waals surface area contributed by atoms with Crippen molar-refractivity contribution in [2.45, 2.75) is 39.5 Å². The van der Waals surface area contributed by atoms with Crippen LogP contribution in [0.1, 0.15) is 28.4 Å². The van der Waals surface area contributed by atoms with Crippen LogP contribution in [0.15, 0.2) is 28.8 Å². The van der Waals surface area contributed by atoms with Crippen LogP contribution in [-0.4, -0.2) is 26.1 Å². The van der Waals surface area contributed by atoms with Gasteiger partial charge in [0.25, 0.3) is 0 Å². The third kappa shape index (κ3) is 4.86. The number of aryl methyl sites for hydroxylation is 1. The Morgan fingerprint density at radius 1 is 1.15 bits per heavy atom. The standard InChI is InChI=1S/C17H18F3N5O.ClH/c1-10-14(11(2)25(23-10)9-17(18,19)20)7-15-22-16(24-26-15)13-5-3-12(8-21)4-6-13;/h3-6H,7-9,21H2,1-2H3;1H. The van der Waals surface area contributed by atoms with Gasteiger partial charge in [-0.25, -0.2) is 0 Å². The summed E-state index contributed by atoms with van der Waals surface area (Å²) >= 11 is 0. The minimum Gasteiger partial charge on any atom is -0.339 e. The van der Waals surface area contributed by atoms with E-state index in [1.54, 1.807) is 13.8 Å². The normalized spacial score (nSPS) is 11.5. The monoisotopic (exact) mass is 401 g/mol. The van der Waals surface area contributed by atoms with Crippen LogP contribution < -0.4 is 5.73 Å². The Balaban J connectivity index is 0.00000261. The molecule has 27 heavy (non-hydrogen) atoms. The first-order chi connectivity index (χ1) is 12.3. The summed E-state index contributed by atoms with van der Waals surface area (Å²) in [4.78, 5) is 4.33. The van der Waals surface area contributed by atoms with Crippen molar-refractivity contribution in [2.24, 2.45) is 5.73 Å². The Labute approximate surface area is 160 Å². The van der Waals surface area contributed by atoms with E-state index >= 15 is 0 Å². The molecule has 0 saturated heterocycles. The molecule has 0 atom stereocenters. The number of halogens is 4. The van der Waals surface area contributed by atoms with Gasteiger partial charge in [-0.2, -0.15) is 23.3 Å². The van der Waals surface area contributed by atoms with Crippen LogP contribution in [-0.2, 0) is 19.5 Å². The van der Waals surface area contributed by atoms with E-state index in [1.165, 1.54) is 0 Å². The van der Waals surface area contributed by atoms with Gasteiger partial charge in [-0.1, -0.05) is 29.4 Å². The maximum absolute atomic E-state index is 12.6. The maximum Gasteiger partial charge on any atom is 0.408 e. The average molecular weight is 402 g/mol. The molecule has 1 aromatic carbocycles. The Kier molecular flexibility index (Phi) is 6.27. The molecule has 2 aromatic heterocycles. The van der Waals surface area contributed by atoms with Crippen molar-refractivity contribution in [1.29, 1.82) is 0 Å². The van der Waals surface area contributed by atoms with Crippen molar-refractivity contribution >= 4 is 12.4 Å². The van der Waals surface area contributed by atoms with E-state index in [0.717, 1.165) is 15.8 Å². The van der Waals surface area contributed by atoms with E-state index in [-0.39, 0.29) is 18.8 Å². The summed E-state index contributed by atoms with van der Waals surface area (Å²) in [5, 5.41) is 7.91. The van der Waals surface area contributed by atoms with Gasteiger partial charge in [0.2, 0.25) is 11.7 Å². The fourth-order valence-electron chi connectivity index (χ4n) is 2.70. The number of hydrogen-bond donors (Lipinski definition) is 1. The first kappa shape index (κ1) is 20.9. The first-order valence-electron chi connectivity index (χ1n) is 7.98. The van der Waals surface area contributed by atoms with E-state index in [0.29, 0.717) is 35.2 Å². The van der Waals surface area contributed by atoms with Gasteiger partial charge >= 0.3 is 6.18 Å². The van der Waals surface area contributed by atoms with Crippen LogP contribution in [0, 0.1) is 13.8 Å². The highest BCUT2D eigenvalue weighted by molar-refractivity contribution is 5.85. The second-order valence-corrected chi connectivity index (χ2v) is 6.01. The Bertz CT molecular complexity index is 902. The predicted octanol–water partition coefficient (Wildman–Crippen LogP) is 3.58. The third-order valence-corrected chi connectivity index (χ3v) is 4.10. The molecule has 0 unspecified atom stereocenters. The molecule has 0 aliphatic carbocycles. The molecule has 0 aliphatic heterocycles. The topological polar surface area (TPSA) is 82.8 Å². The third-order valence-electron chi connectivity index (χ3n) is 4.10. The molecule has 3 aromatic rings. The molecule has 0 radical (unpaired) electrons. The lowest BCUT2D eigenvalue weighted by atomic mass is 10.1. The van der Waals surface area contributed by atoms with E-state index in [9.17, 15) is 13.2 Å². The van der Waals surface area contributed by atoms with Gasteiger partial charge in [0, 0.05) is 23.4 Å². The molecule has 0 saturated carbocycles. The number of aromatic nitrogens is 4. The van der Waals surface area contributed by atoms with Crippen LogP contribution in [0.5, 0.6) is 0 Å². The van der Waals surface area contributed by atoms with Gasteiger partial charge in [-0.3, -0.25) is 4.68 Å². The van der Waals surface area contributed by atoms with E-state index < -0.39 is 12.7 Å². The Morgan fingerprint density at radius 2 is 1.81 bits per heavy atom. The van der Waals surface area contributed by atoms with Crippen molar-refractivity contribution in [2.75, 3.05) is 0 Å². The van der Waals surface area contributed by atoms with Gasteiger partial charge < -0.3 is 10.3 Å². The van der Waals surface area contributed by atoms with Gasteiger partial charge in [0.15, 0.2) is 0 Å². The fourth-order valence-corrected chi connectivity index (χ4v) is 2.70. The van der Waals surface area contributed by atoms with Crippen LogP contribution in [0.25, 0.3) is 11.4 Å². The highest BCUT2D eigenvalue weighted by Gasteiger charge is 2.30. The molecule has 0 fully saturated rings. The molecule has 0 aliphatic rings. The number of benzene rings is 1. The summed E-state index contributed by atoms with van der Waals surface area (Å²) in [7, 11) is 0. The van der Waals surface area contributed by atoms with Crippen LogP contribution in [0.2, 0.25) is 0 Å². The van der Waals surface area contributed by atoms with Crippen LogP contribution >= 0.6 is 12.4 Å².